The van der Waals surface area contributed by atoms with Crippen molar-refractivity contribution in [2.75, 3.05) is 18.0 Å². The number of halogens is 4. The standard InChI is InChI=1S/C26H26F4N8/c1-15-22(12-32-35(15)2)38-20-7-5-18(27)11-16(20)3-6-21(38)25-34-33-23-8-4-17(13-37(23)25)24(26(28,29)30)36-10-9-19(31)14-36/h3-8,11-13,19,21,24H,9-10,14,31H2,1-2H3/t19-,21?,24+/m0/s1. The van der Waals surface area contributed by atoms with Crippen molar-refractivity contribution in [2.45, 2.75) is 37.6 Å². The molecule has 1 saturated heterocycles. The summed E-state index contributed by atoms with van der Waals surface area (Å²) in [6.07, 6.45) is 2.84. The van der Waals surface area contributed by atoms with Crippen molar-refractivity contribution < 1.29 is 17.6 Å². The fourth-order valence-electron chi connectivity index (χ4n) is 5.46. The second-order valence-electron chi connectivity index (χ2n) is 9.85. The second kappa shape index (κ2) is 8.91. The van der Waals surface area contributed by atoms with Gasteiger partial charge in [0.15, 0.2) is 11.5 Å². The lowest BCUT2D eigenvalue weighted by atomic mass is 10.0. The number of nitrogens with two attached hydrogens (primary N) is 1. The molecule has 3 atom stereocenters. The third-order valence-electron chi connectivity index (χ3n) is 7.42. The lowest BCUT2D eigenvalue weighted by molar-refractivity contribution is -0.183. The van der Waals surface area contributed by atoms with Gasteiger partial charge in [-0.05, 0) is 43.2 Å². The van der Waals surface area contributed by atoms with Gasteiger partial charge in [-0.1, -0.05) is 18.2 Å². The highest BCUT2D eigenvalue weighted by Crippen LogP contribution is 2.44. The Morgan fingerprint density at radius 1 is 1.11 bits per heavy atom. The number of benzene rings is 1. The van der Waals surface area contributed by atoms with Crippen LogP contribution in [0, 0.1) is 12.7 Å². The van der Waals surface area contributed by atoms with Gasteiger partial charge in [0.2, 0.25) is 0 Å². The molecular formula is C26H26F4N8. The summed E-state index contributed by atoms with van der Waals surface area (Å²) in [6.45, 7) is 2.35. The van der Waals surface area contributed by atoms with Gasteiger partial charge in [-0.2, -0.15) is 18.3 Å². The van der Waals surface area contributed by atoms with Crippen LogP contribution in [0.15, 0.2) is 48.8 Å². The molecule has 1 aromatic carbocycles. The van der Waals surface area contributed by atoms with Gasteiger partial charge in [-0.25, -0.2) is 4.39 Å². The molecule has 0 saturated carbocycles. The van der Waals surface area contributed by atoms with E-state index >= 15 is 0 Å². The number of pyridine rings is 1. The normalized spacial score (nSPS) is 20.9. The van der Waals surface area contributed by atoms with Crippen molar-refractivity contribution in [1.29, 1.82) is 0 Å². The largest absolute Gasteiger partial charge is 0.408 e. The number of aromatic nitrogens is 5. The molecule has 5 heterocycles. The van der Waals surface area contributed by atoms with Crippen LogP contribution in [0.2, 0.25) is 0 Å². The number of hydrogen-bond donors (Lipinski definition) is 1. The highest BCUT2D eigenvalue weighted by Gasteiger charge is 2.46. The first kappa shape index (κ1) is 24.6. The second-order valence-corrected chi connectivity index (χ2v) is 9.85. The molecule has 12 heteroatoms. The molecule has 38 heavy (non-hydrogen) atoms. The molecule has 2 N–H and O–H groups in total. The Morgan fingerprint density at radius 2 is 1.92 bits per heavy atom. The predicted octanol–water partition coefficient (Wildman–Crippen LogP) is 4.45. The summed E-state index contributed by atoms with van der Waals surface area (Å²) in [5.41, 5.74) is 9.46. The SMILES string of the molecule is Cc1c(N2c3ccc(F)cc3C=CC2c2nnc3ccc([C@@H](N4CC[C@H](N)C4)C(F)(F)F)cn23)cnn1C. The van der Waals surface area contributed by atoms with Crippen molar-refractivity contribution in [1.82, 2.24) is 29.3 Å². The first-order valence-corrected chi connectivity index (χ1v) is 12.3. The average Bonchev–Trinajstić information content (AvgIpc) is 3.57. The van der Waals surface area contributed by atoms with Crippen molar-refractivity contribution >= 4 is 23.1 Å². The molecule has 0 radical (unpaired) electrons. The summed E-state index contributed by atoms with van der Waals surface area (Å²) in [4.78, 5) is 3.34. The maximum Gasteiger partial charge on any atom is 0.408 e. The fourth-order valence-corrected chi connectivity index (χ4v) is 5.46. The van der Waals surface area contributed by atoms with E-state index in [0.29, 0.717) is 23.5 Å². The Kier molecular flexibility index (Phi) is 5.76. The van der Waals surface area contributed by atoms with E-state index in [1.165, 1.54) is 29.3 Å². The number of rotatable bonds is 4. The predicted molar refractivity (Wildman–Crippen MR) is 134 cm³/mol. The van der Waals surface area contributed by atoms with Crippen LogP contribution in [0.1, 0.15) is 41.1 Å². The van der Waals surface area contributed by atoms with Gasteiger partial charge in [0, 0.05) is 43.6 Å². The van der Waals surface area contributed by atoms with E-state index in [9.17, 15) is 17.6 Å². The van der Waals surface area contributed by atoms with Crippen LogP contribution in [-0.4, -0.2) is 54.6 Å². The van der Waals surface area contributed by atoms with Gasteiger partial charge in [0.25, 0.3) is 0 Å². The molecule has 8 nitrogen and oxygen atoms in total. The summed E-state index contributed by atoms with van der Waals surface area (Å²) in [5.74, 6) is 0.0578. The zero-order valence-corrected chi connectivity index (χ0v) is 20.8. The molecule has 2 aliphatic rings. The van der Waals surface area contributed by atoms with E-state index in [0.717, 1.165) is 17.1 Å². The number of hydrogen-bond acceptors (Lipinski definition) is 6. The summed E-state index contributed by atoms with van der Waals surface area (Å²) in [6, 6.07) is 4.88. The Balaban J connectivity index is 1.49. The summed E-state index contributed by atoms with van der Waals surface area (Å²) in [5, 5.41) is 13.0. The molecule has 3 aromatic heterocycles. The Morgan fingerprint density at radius 3 is 2.61 bits per heavy atom. The molecule has 0 spiro atoms. The molecule has 0 amide bonds. The monoisotopic (exact) mass is 526 g/mol. The Hall–Kier alpha value is -3.77. The number of likely N-dealkylation sites (tertiary alicyclic amines) is 1. The van der Waals surface area contributed by atoms with Gasteiger partial charge >= 0.3 is 6.18 Å². The molecular weight excluding hydrogens is 500 g/mol. The van der Waals surface area contributed by atoms with Crippen LogP contribution in [-0.2, 0) is 7.05 Å². The molecule has 6 rings (SSSR count). The van der Waals surface area contributed by atoms with E-state index in [1.807, 2.05) is 24.9 Å². The zero-order chi connectivity index (χ0) is 26.8. The van der Waals surface area contributed by atoms with Crippen molar-refractivity contribution in [3.05, 3.63) is 77.3 Å². The van der Waals surface area contributed by atoms with E-state index in [2.05, 4.69) is 15.3 Å². The number of anilines is 2. The summed E-state index contributed by atoms with van der Waals surface area (Å²) >= 11 is 0. The van der Waals surface area contributed by atoms with Crippen LogP contribution >= 0.6 is 0 Å². The first-order chi connectivity index (χ1) is 18.1. The lowest BCUT2D eigenvalue weighted by Gasteiger charge is -2.34. The van der Waals surface area contributed by atoms with Gasteiger partial charge in [0.1, 0.15) is 17.9 Å². The average molecular weight is 527 g/mol. The first-order valence-electron chi connectivity index (χ1n) is 12.3. The maximum absolute atomic E-state index is 14.3. The summed E-state index contributed by atoms with van der Waals surface area (Å²) in [7, 11) is 1.82. The Labute approximate surface area is 216 Å². The van der Waals surface area contributed by atoms with Gasteiger partial charge in [-0.15, -0.1) is 10.2 Å². The number of alkyl halides is 3. The van der Waals surface area contributed by atoms with E-state index in [4.69, 9.17) is 5.73 Å². The third kappa shape index (κ3) is 4.04. The molecule has 1 unspecified atom stereocenters. The molecule has 2 aliphatic heterocycles. The molecule has 198 valence electrons. The molecule has 1 fully saturated rings. The van der Waals surface area contributed by atoms with Crippen LogP contribution in [0.25, 0.3) is 11.7 Å². The molecule has 0 aliphatic carbocycles. The van der Waals surface area contributed by atoms with Gasteiger partial charge < -0.3 is 10.6 Å². The van der Waals surface area contributed by atoms with Crippen molar-refractivity contribution in [3.8, 4) is 0 Å². The van der Waals surface area contributed by atoms with Gasteiger partial charge in [-0.3, -0.25) is 14.0 Å². The van der Waals surface area contributed by atoms with Crippen LogP contribution < -0.4 is 10.6 Å². The van der Waals surface area contributed by atoms with Crippen LogP contribution in [0.5, 0.6) is 0 Å². The number of nitrogens with zero attached hydrogens (tertiary/aromatic N) is 7. The third-order valence-corrected chi connectivity index (χ3v) is 7.42. The molecule has 4 aromatic rings. The van der Waals surface area contributed by atoms with E-state index < -0.39 is 18.3 Å². The van der Waals surface area contributed by atoms with E-state index in [-0.39, 0.29) is 30.5 Å². The topological polar surface area (TPSA) is 80.5 Å². The minimum Gasteiger partial charge on any atom is -0.326 e. The highest BCUT2D eigenvalue weighted by molar-refractivity contribution is 5.79. The van der Waals surface area contributed by atoms with Crippen LogP contribution in [0.4, 0.5) is 28.9 Å². The molecule has 0 bridgehead atoms. The summed E-state index contributed by atoms with van der Waals surface area (Å²) < 4.78 is 60.3. The minimum atomic E-state index is -4.49. The highest BCUT2D eigenvalue weighted by atomic mass is 19.4. The quantitative estimate of drug-likeness (QED) is 0.396. The number of fused-ring (bicyclic) bond motifs is 2. The Bertz CT molecular complexity index is 1540. The van der Waals surface area contributed by atoms with Gasteiger partial charge in [0.05, 0.1) is 17.6 Å². The fraction of sp³-hybridized carbons (Fsp3) is 0.346. The number of aryl methyl sites for hydroxylation is 1. The smallest absolute Gasteiger partial charge is 0.326 e. The zero-order valence-electron chi connectivity index (χ0n) is 20.8. The van der Waals surface area contributed by atoms with Crippen molar-refractivity contribution in [2.24, 2.45) is 12.8 Å². The lowest BCUT2D eigenvalue weighted by Crippen LogP contribution is -2.38. The maximum atomic E-state index is 14.3. The van der Waals surface area contributed by atoms with E-state index in [1.54, 1.807) is 33.5 Å². The van der Waals surface area contributed by atoms with Crippen LogP contribution in [0.3, 0.4) is 0 Å². The minimum absolute atomic E-state index is 0.0894. The van der Waals surface area contributed by atoms with Crippen molar-refractivity contribution in [3.63, 3.8) is 0 Å².